The molecule has 5 rings (SSSR count). The van der Waals surface area contributed by atoms with Crippen molar-refractivity contribution in [3.63, 3.8) is 0 Å². The highest BCUT2D eigenvalue weighted by Gasteiger charge is 2.31. The minimum Gasteiger partial charge on any atom is -0.478 e. The van der Waals surface area contributed by atoms with Crippen LogP contribution in [0, 0.1) is 0 Å². The van der Waals surface area contributed by atoms with E-state index in [2.05, 4.69) is 17.4 Å². The maximum Gasteiger partial charge on any atom is 0.407 e. The number of rotatable bonds is 5. The van der Waals surface area contributed by atoms with Gasteiger partial charge in [-0.15, -0.1) is 0 Å². The van der Waals surface area contributed by atoms with Crippen molar-refractivity contribution in [1.29, 1.82) is 0 Å². The predicted molar refractivity (Wildman–Crippen MR) is 132 cm³/mol. The molecule has 0 saturated heterocycles. The molecule has 0 aromatic heterocycles. The van der Waals surface area contributed by atoms with Gasteiger partial charge in [0.25, 0.3) is 0 Å². The molecule has 2 aliphatic rings. The lowest BCUT2D eigenvalue weighted by Gasteiger charge is -2.32. The van der Waals surface area contributed by atoms with Crippen LogP contribution in [-0.2, 0) is 16.0 Å². The van der Waals surface area contributed by atoms with Gasteiger partial charge in [0.05, 0.1) is 5.56 Å². The summed E-state index contributed by atoms with van der Waals surface area (Å²) >= 11 is 0. The van der Waals surface area contributed by atoms with E-state index in [0.29, 0.717) is 30.6 Å². The van der Waals surface area contributed by atoms with Crippen molar-refractivity contribution < 1.29 is 24.2 Å². The molecule has 1 aliphatic carbocycles. The third-order valence-corrected chi connectivity index (χ3v) is 6.80. The Morgan fingerprint density at radius 3 is 2.31 bits per heavy atom. The molecule has 2 amide bonds. The van der Waals surface area contributed by atoms with Gasteiger partial charge >= 0.3 is 12.1 Å². The molecule has 0 saturated carbocycles. The first-order valence-corrected chi connectivity index (χ1v) is 11.7. The molecule has 7 heteroatoms. The van der Waals surface area contributed by atoms with Crippen molar-refractivity contribution in [3.05, 3.63) is 89.0 Å². The summed E-state index contributed by atoms with van der Waals surface area (Å²) in [6.07, 6.45) is 0.584. The van der Waals surface area contributed by atoms with Crippen LogP contribution in [0.5, 0.6) is 0 Å². The third kappa shape index (κ3) is 4.14. The minimum atomic E-state index is -1.01. The molecule has 0 bridgehead atoms. The summed E-state index contributed by atoms with van der Waals surface area (Å²) in [5.41, 5.74) is 5.96. The van der Waals surface area contributed by atoms with Crippen LogP contribution in [0.3, 0.4) is 0 Å². The molecule has 0 spiro atoms. The van der Waals surface area contributed by atoms with Gasteiger partial charge < -0.3 is 20.1 Å². The Bertz CT molecular complexity index is 1270. The molecule has 178 valence electrons. The maximum absolute atomic E-state index is 13.2. The van der Waals surface area contributed by atoms with Crippen LogP contribution >= 0.6 is 0 Å². The zero-order valence-corrected chi connectivity index (χ0v) is 19.4. The summed E-state index contributed by atoms with van der Waals surface area (Å²) in [6, 6.07) is 20.3. The van der Waals surface area contributed by atoms with Crippen LogP contribution in [-0.4, -0.2) is 42.3 Å². The molecule has 0 fully saturated rings. The van der Waals surface area contributed by atoms with Gasteiger partial charge in [-0.2, -0.15) is 0 Å². The zero-order chi connectivity index (χ0) is 24.5. The van der Waals surface area contributed by atoms with Crippen LogP contribution in [0.25, 0.3) is 11.1 Å². The molecule has 3 aromatic carbocycles. The Kier molecular flexibility index (Phi) is 5.99. The van der Waals surface area contributed by atoms with Crippen molar-refractivity contribution in [2.45, 2.75) is 31.7 Å². The smallest absolute Gasteiger partial charge is 0.407 e. The summed E-state index contributed by atoms with van der Waals surface area (Å²) in [6.45, 7) is 2.24. The lowest BCUT2D eigenvalue weighted by Crippen LogP contribution is -2.49. The second kappa shape index (κ2) is 9.25. The Hall–Kier alpha value is -4.13. The molecule has 2 N–H and O–H groups in total. The number of benzene rings is 3. The van der Waals surface area contributed by atoms with E-state index in [0.717, 1.165) is 22.3 Å². The van der Waals surface area contributed by atoms with Gasteiger partial charge in [-0.25, -0.2) is 9.59 Å². The standard InChI is InChI=1S/C28H26N2O5/c1-17(26(31)30-15-7-13-22-23(27(32)33)12-6-14-25(22)30)29-28(34)35-16-24-20-10-4-2-8-18(20)19-9-3-5-11-21(19)24/h2-6,8-12,14,17,24H,7,13,15-16H2,1H3,(H,29,34)(H,32,33)/t17-/m0/s1. The highest BCUT2D eigenvalue weighted by molar-refractivity contribution is 6.01. The Balaban J connectivity index is 1.26. The van der Waals surface area contributed by atoms with Crippen molar-refractivity contribution in [3.8, 4) is 11.1 Å². The van der Waals surface area contributed by atoms with Crippen molar-refractivity contribution in [1.82, 2.24) is 5.32 Å². The van der Waals surface area contributed by atoms with Gasteiger partial charge in [-0.05, 0) is 59.7 Å². The van der Waals surface area contributed by atoms with Crippen molar-refractivity contribution in [2.24, 2.45) is 0 Å². The first-order valence-electron chi connectivity index (χ1n) is 11.7. The quantitative estimate of drug-likeness (QED) is 0.569. The molecule has 3 aromatic rings. The molecule has 0 unspecified atom stereocenters. The van der Waals surface area contributed by atoms with E-state index < -0.39 is 18.1 Å². The first kappa shape index (κ1) is 22.7. The fourth-order valence-electron chi connectivity index (χ4n) is 5.17. The van der Waals surface area contributed by atoms with E-state index in [4.69, 9.17) is 4.74 Å². The number of carbonyl (C=O) groups excluding carboxylic acids is 2. The number of carboxylic acid groups (broad SMARTS) is 1. The summed E-state index contributed by atoms with van der Waals surface area (Å²) in [5, 5.41) is 12.1. The van der Waals surface area contributed by atoms with Gasteiger partial charge in [0, 0.05) is 18.2 Å². The first-order chi connectivity index (χ1) is 17.0. The predicted octanol–water partition coefficient (Wildman–Crippen LogP) is 4.59. The lowest BCUT2D eigenvalue weighted by molar-refractivity contribution is -0.120. The van der Waals surface area contributed by atoms with Gasteiger partial charge in [0.15, 0.2) is 0 Å². The van der Waals surface area contributed by atoms with E-state index in [9.17, 15) is 19.5 Å². The number of hydrogen-bond donors (Lipinski definition) is 2. The number of hydrogen-bond acceptors (Lipinski definition) is 4. The van der Waals surface area contributed by atoms with E-state index in [-0.39, 0.29) is 24.0 Å². The molecule has 7 nitrogen and oxygen atoms in total. The number of amides is 2. The number of nitrogens with one attached hydrogen (secondary N) is 1. The monoisotopic (exact) mass is 470 g/mol. The minimum absolute atomic E-state index is 0.0671. The van der Waals surface area contributed by atoms with Crippen molar-refractivity contribution in [2.75, 3.05) is 18.1 Å². The van der Waals surface area contributed by atoms with Gasteiger partial charge in [0.1, 0.15) is 12.6 Å². The van der Waals surface area contributed by atoms with Gasteiger partial charge in [-0.1, -0.05) is 54.6 Å². The molecule has 0 radical (unpaired) electrons. The number of carboxylic acids is 1. The molecule has 1 heterocycles. The second-order valence-corrected chi connectivity index (χ2v) is 8.89. The van der Waals surface area contributed by atoms with Crippen LogP contribution in [0.15, 0.2) is 66.7 Å². The van der Waals surface area contributed by atoms with Crippen LogP contribution in [0.1, 0.15) is 46.3 Å². The van der Waals surface area contributed by atoms with Crippen LogP contribution in [0.2, 0.25) is 0 Å². The summed E-state index contributed by atoms with van der Waals surface area (Å²) < 4.78 is 5.57. The third-order valence-electron chi connectivity index (χ3n) is 6.80. The maximum atomic E-state index is 13.2. The molecule has 1 atom stereocenters. The fourth-order valence-corrected chi connectivity index (χ4v) is 5.17. The molecular weight excluding hydrogens is 444 g/mol. The number of carbonyl (C=O) groups is 3. The summed E-state index contributed by atoms with van der Waals surface area (Å²) in [5.74, 6) is -1.38. The molecular formula is C28H26N2O5. The number of nitrogens with zero attached hydrogens (tertiary/aromatic N) is 1. The summed E-state index contributed by atoms with van der Waals surface area (Å²) in [4.78, 5) is 38.9. The number of fused-ring (bicyclic) bond motifs is 4. The zero-order valence-electron chi connectivity index (χ0n) is 19.4. The van der Waals surface area contributed by atoms with E-state index in [1.807, 2.05) is 36.4 Å². The second-order valence-electron chi connectivity index (χ2n) is 8.89. The SMILES string of the molecule is C[C@H](NC(=O)OCC1c2ccccc2-c2ccccc21)C(=O)N1CCCc2c(C(=O)O)cccc21. The van der Waals surface area contributed by atoms with E-state index >= 15 is 0 Å². The van der Waals surface area contributed by atoms with Gasteiger partial charge in [-0.3, -0.25) is 4.79 Å². The summed E-state index contributed by atoms with van der Waals surface area (Å²) in [7, 11) is 0. The normalized spacial score (nSPS) is 14.9. The van der Waals surface area contributed by atoms with E-state index in [1.54, 1.807) is 30.0 Å². The average Bonchev–Trinajstić information content (AvgIpc) is 3.20. The van der Waals surface area contributed by atoms with Crippen LogP contribution < -0.4 is 10.2 Å². The number of alkyl carbamates (subject to hydrolysis) is 1. The number of ether oxygens (including phenoxy) is 1. The van der Waals surface area contributed by atoms with Crippen molar-refractivity contribution >= 4 is 23.7 Å². The molecule has 35 heavy (non-hydrogen) atoms. The number of aromatic carboxylic acids is 1. The Morgan fingerprint density at radius 1 is 1.00 bits per heavy atom. The largest absolute Gasteiger partial charge is 0.478 e. The fraction of sp³-hybridized carbons (Fsp3) is 0.250. The van der Waals surface area contributed by atoms with Crippen LogP contribution in [0.4, 0.5) is 10.5 Å². The van der Waals surface area contributed by atoms with E-state index in [1.165, 1.54) is 0 Å². The van der Waals surface area contributed by atoms with Gasteiger partial charge in [0.2, 0.25) is 5.91 Å². The Morgan fingerprint density at radius 2 is 1.66 bits per heavy atom. The highest BCUT2D eigenvalue weighted by atomic mass is 16.5. The number of anilines is 1. The average molecular weight is 471 g/mol. The topological polar surface area (TPSA) is 95.9 Å². The molecule has 1 aliphatic heterocycles. The Labute approximate surface area is 203 Å². The highest BCUT2D eigenvalue weighted by Crippen LogP contribution is 2.44. The lowest BCUT2D eigenvalue weighted by atomic mass is 9.96.